The SMILES string of the molecule is CCc1ccccc1NC(=O)N1CCC(N2CC(F)(F)C[C@H]2COCC2CC2)CC1. The Morgan fingerprint density at radius 2 is 1.90 bits per heavy atom. The molecule has 2 heterocycles. The number of urea groups is 1. The summed E-state index contributed by atoms with van der Waals surface area (Å²) in [5.74, 6) is -2.01. The zero-order chi connectivity index (χ0) is 21.1. The van der Waals surface area contributed by atoms with Crippen molar-refractivity contribution < 1.29 is 18.3 Å². The molecule has 30 heavy (non-hydrogen) atoms. The topological polar surface area (TPSA) is 44.8 Å². The highest BCUT2D eigenvalue weighted by atomic mass is 19.3. The van der Waals surface area contributed by atoms with Crippen LogP contribution in [0.15, 0.2) is 24.3 Å². The lowest BCUT2D eigenvalue weighted by molar-refractivity contribution is 0.00378. The lowest BCUT2D eigenvalue weighted by atomic mass is 10.0. The number of aryl methyl sites for hydroxylation is 1. The Morgan fingerprint density at radius 3 is 2.60 bits per heavy atom. The van der Waals surface area contributed by atoms with Gasteiger partial charge in [0.1, 0.15) is 0 Å². The van der Waals surface area contributed by atoms with Crippen LogP contribution in [0.25, 0.3) is 0 Å². The Kier molecular flexibility index (Phi) is 6.58. The summed E-state index contributed by atoms with van der Waals surface area (Å²) < 4.78 is 34.0. The second-order valence-corrected chi connectivity index (χ2v) is 9.03. The molecule has 5 nitrogen and oxygen atoms in total. The van der Waals surface area contributed by atoms with E-state index in [0.717, 1.165) is 30.5 Å². The number of benzene rings is 1. The molecule has 4 rings (SSSR count). The number of ether oxygens (including phenoxy) is 1. The van der Waals surface area contributed by atoms with E-state index in [1.807, 2.05) is 29.2 Å². The maximum absolute atomic E-state index is 14.1. The smallest absolute Gasteiger partial charge is 0.321 e. The number of nitrogens with zero attached hydrogens (tertiary/aromatic N) is 2. The van der Waals surface area contributed by atoms with Crippen molar-refractivity contribution in [3.63, 3.8) is 0 Å². The maximum Gasteiger partial charge on any atom is 0.321 e. The van der Waals surface area contributed by atoms with E-state index in [1.54, 1.807) is 4.90 Å². The number of anilines is 1. The number of hydrogen-bond donors (Lipinski definition) is 1. The predicted octanol–water partition coefficient (Wildman–Crippen LogP) is 4.38. The van der Waals surface area contributed by atoms with Crippen LogP contribution in [0.4, 0.5) is 19.3 Å². The number of para-hydroxylation sites is 1. The van der Waals surface area contributed by atoms with Gasteiger partial charge >= 0.3 is 6.03 Å². The molecular formula is C23H33F2N3O2. The molecule has 1 atom stereocenters. The van der Waals surface area contributed by atoms with Gasteiger partial charge in [-0.1, -0.05) is 25.1 Å². The minimum absolute atomic E-state index is 0.0832. The number of halogens is 2. The van der Waals surface area contributed by atoms with Gasteiger partial charge < -0.3 is 15.0 Å². The number of likely N-dealkylation sites (tertiary alicyclic amines) is 2. The fraction of sp³-hybridized carbons (Fsp3) is 0.696. The summed E-state index contributed by atoms with van der Waals surface area (Å²) in [7, 11) is 0. The van der Waals surface area contributed by atoms with E-state index in [-0.39, 0.29) is 31.1 Å². The fourth-order valence-corrected chi connectivity index (χ4v) is 4.71. The average Bonchev–Trinajstić information content (AvgIpc) is 3.51. The molecule has 2 aliphatic heterocycles. The van der Waals surface area contributed by atoms with Crippen LogP contribution in [-0.4, -0.2) is 66.7 Å². The van der Waals surface area contributed by atoms with Crippen molar-refractivity contribution in [3.8, 4) is 0 Å². The molecule has 7 heteroatoms. The van der Waals surface area contributed by atoms with Crippen molar-refractivity contribution >= 4 is 11.7 Å². The molecule has 1 aliphatic carbocycles. The highest BCUT2D eigenvalue weighted by Gasteiger charge is 2.47. The minimum atomic E-state index is -2.65. The van der Waals surface area contributed by atoms with E-state index in [1.165, 1.54) is 12.8 Å². The quantitative estimate of drug-likeness (QED) is 0.711. The summed E-state index contributed by atoms with van der Waals surface area (Å²) in [4.78, 5) is 16.5. The molecule has 0 bridgehead atoms. The van der Waals surface area contributed by atoms with Gasteiger partial charge in [-0.3, -0.25) is 4.90 Å². The number of piperidine rings is 1. The molecule has 1 aromatic carbocycles. The van der Waals surface area contributed by atoms with Gasteiger partial charge in [-0.15, -0.1) is 0 Å². The largest absolute Gasteiger partial charge is 0.380 e. The summed E-state index contributed by atoms with van der Waals surface area (Å²) in [6.45, 7) is 4.14. The van der Waals surface area contributed by atoms with E-state index in [0.29, 0.717) is 32.2 Å². The number of amides is 2. The maximum atomic E-state index is 14.1. The first-order valence-corrected chi connectivity index (χ1v) is 11.3. The van der Waals surface area contributed by atoms with E-state index in [4.69, 9.17) is 4.74 Å². The monoisotopic (exact) mass is 421 g/mol. The number of nitrogens with one attached hydrogen (secondary N) is 1. The first kappa shape index (κ1) is 21.5. The Bertz CT molecular complexity index is 733. The van der Waals surface area contributed by atoms with Gasteiger partial charge in [0, 0.05) is 43.9 Å². The molecule has 1 N–H and O–H groups in total. The number of carbonyl (C=O) groups excluding carboxylic acids is 1. The van der Waals surface area contributed by atoms with Crippen LogP contribution in [-0.2, 0) is 11.2 Å². The zero-order valence-corrected chi connectivity index (χ0v) is 17.8. The van der Waals surface area contributed by atoms with E-state index in [2.05, 4.69) is 12.2 Å². The molecule has 1 aromatic rings. The summed E-state index contributed by atoms with van der Waals surface area (Å²) in [5, 5.41) is 3.02. The van der Waals surface area contributed by atoms with Gasteiger partial charge in [0.15, 0.2) is 0 Å². The van der Waals surface area contributed by atoms with E-state index in [9.17, 15) is 13.6 Å². The molecule has 0 spiro atoms. The van der Waals surface area contributed by atoms with Gasteiger partial charge in [-0.25, -0.2) is 13.6 Å². The Morgan fingerprint density at radius 1 is 1.17 bits per heavy atom. The number of alkyl halides is 2. The normalized spacial score (nSPS) is 24.9. The van der Waals surface area contributed by atoms with Crippen molar-refractivity contribution in [2.45, 2.75) is 63.5 Å². The number of carbonyl (C=O) groups is 1. The molecule has 3 aliphatic rings. The highest BCUT2D eigenvalue weighted by Crippen LogP contribution is 2.36. The summed E-state index contributed by atoms with van der Waals surface area (Å²) in [6.07, 6.45) is 4.58. The summed E-state index contributed by atoms with van der Waals surface area (Å²) in [5.41, 5.74) is 1.95. The van der Waals surface area contributed by atoms with Crippen LogP contribution in [0.5, 0.6) is 0 Å². The first-order chi connectivity index (χ1) is 14.4. The molecule has 1 saturated carbocycles. The molecule has 166 valence electrons. The second-order valence-electron chi connectivity index (χ2n) is 9.03. The first-order valence-electron chi connectivity index (χ1n) is 11.3. The van der Waals surface area contributed by atoms with Crippen molar-refractivity contribution in [1.29, 1.82) is 0 Å². The minimum Gasteiger partial charge on any atom is -0.380 e. The Hall–Kier alpha value is -1.73. The summed E-state index contributed by atoms with van der Waals surface area (Å²) in [6, 6.07) is 7.57. The Balaban J connectivity index is 1.29. The van der Waals surface area contributed by atoms with Gasteiger partial charge in [0.2, 0.25) is 0 Å². The van der Waals surface area contributed by atoms with Crippen LogP contribution in [0.1, 0.15) is 44.6 Å². The van der Waals surface area contributed by atoms with E-state index < -0.39 is 5.92 Å². The molecular weight excluding hydrogens is 388 g/mol. The molecule has 0 unspecified atom stereocenters. The fourth-order valence-electron chi connectivity index (χ4n) is 4.71. The van der Waals surface area contributed by atoms with E-state index >= 15 is 0 Å². The molecule has 2 amide bonds. The third-order valence-electron chi connectivity index (χ3n) is 6.64. The van der Waals surface area contributed by atoms with Crippen LogP contribution < -0.4 is 5.32 Å². The van der Waals surface area contributed by atoms with Gasteiger partial charge in [0.05, 0.1) is 13.2 Å². The van der Waals surface area contributed by atoms with Crippen molar-refractivity contribution in [1.82, 2.24) is 9.80 Å². The Labute approximate surface area is 177 Å². The van der Waals surface area contributed by atoms with Crippen LogP contribution in [0.2, 0.25) is 0 Å². The van der Waals surface area contributed by atoms with Crippen molar-refractivity contribution in [3.05, 3.63) is 29.8 Å². The third kappa shape index (κ3) is 5.30. The molecule has 0 aromatic heterocycles. The standard InChI is InChI=1S/C23H33F2N3O2/c1-2-18-5-3-4-6-21(18)26-22(29)27-11-9-19(10-12-27)28-16-23(24,25)13-20(28)15-30-14-17-7-8-17/h3-6,17,19-20H,2,7-16H2,1H3,(H,26,29)/t20-/m0/s1. The molecule has 0 radical (unpaired) electrons. The van der Waals surface area contributed by atoms with Gasteiger partial charge in [0.25, 0.3) is 5.92 Å². The van der Waals surface area contributed by atoms with Crippen molar-refractivity contribution in [2.24, 2.45) is 5.92 Å². The lowest BCUT2D eigenvalue weighted by Gasteiger charge is -2.39. The lowest BCUT2D eigenvalue weighted by Crippen LogP contribution is -2.50. The van der Waals surface area contributed by atoms with Crippen molar-refractivity contribution in [2.75, 3.05) is 38.2 Å². The second kappa shape index (κ2) is 9.18. The zero-order valence-electron chi connectivity index (χ0n) is 17.8. The number of hydrogen-bond acceptors (Lipinski definition) is 3. The highest BCUT2D eigenvalue weighted by molar-refractivity contribution is 5.90. The third-order valence-corrected chi connectivity index (χ3v) is 6.64. The number of rotatable bonds is 7. The summed E-state index contributed by atoms with van der Waals surface area (Å²) >= 11 is 0. The van der Waals surface area contributed by atoms with Gasteiger partial charge in [-0.05, 0) is 49.7 Å². The predicted molar refractivity (Wildman–Crippen MR) is 113 cm³/mol. The van der Waals surface area contributed by atoms with Crippen LogP contribution in [0, 0.1) is 5.92 Å². The van der Waals surface area contributed by atoms with Gasteiger partial charge in [-0.2, -0.15) is 0 Å². The molecule has 2 saturated heterocycles. The average molecular weight is 422 g/mol. The van der Waals surface area contributed by atoms with Crippen LogP contribution >= 0.6 is 0 Å². The van der Waals surface area contributed by atoms with Crippen LogP contribution in [0.3, 0.4) is 0 Å². The molecule has 3 fully saturated rings.